The third-order valence-electron chi connectivity index (χ3n) is 4.97. The Labute approximate surface area is 150 Å². The van der Waals surface area contributed by atoms with Crippen molar-refractivity contribution in [3.8, 4) is 0 Å². The highest BCUT2D eigenvalue weighted by molar-refractivity contribution is 5.76. The zero-order chi connectivity index (χ0) is 18.0. The van der Waals surface area contributed by atoms with Gasteiger partial charge in [0.1, 0.15) is 0 Å². The van der Waals surface area contributed by atoms with Gasteiger partial charge in [0.05, 0.1) is 0 Å². The molecule has 0 aromatic heterocycles. The van der Waals surface area contributed by atoms with Crippen LogP contribution >= 0.6 is 0 Å². The van der Waals surface area contributed by atoms with Crippen molar-refractivity contribution in [3.63, 3.8) is 0 Å². The first-order valence-electron chi connectivity index (χ1n) is 10.2. The summed E-state index contributed by atoms with van der Waals surface area (Å²) in [4.78, 5) is 11.5. The minimum atomic E-state index is -0.250. The van der Waals surface area contributed by atoms with Gasteiger partial charge in [0.15, 0.2) is 0 Å². The number of allylic oxidation sites excluding steroid dienone is 2. The van der Waals surface area contributed by atoms with Gasteiger partial charge >= 0.3 is 0 Å². The summed E-state index contributed by atoms with van der Waals surface area (Å²) in [5.41, 5.74) is 5.48. The van der Waals surface area contributed by atoms with Gasteiger partial charge in [0.25, 0.3) is 0 Å². The lowest BCUT2D eigenvalue weighted by Crippen LogP contribution is -2.31. The number of aliphatic hydroxyl groups excluding tert-OH is 1. The number of amides is 1. The third-order valence-corrected chi connectivity index (χ3v) is 4.97. The van der Waals surface area contributed by atoms with E-state index in [9.17, 15) is 9.90 Å². The van der Waals surface area contributed by atoms with Crippen molar-refractivity contribution in [1.82, 2.24) is 0 Å². The highest BCUT2D eigenvalue weighted by Gasteiger charge is 2.23. The van der Waals surface area contributed by atoms with Gasteiger partial charge in [-0.15, -0.1) is 0 Å². The van der Waals surface area contributed by atoms with Crippen LogP contribution in [0.1, 0.15) is 97.3 Å². The Morgan fingerprint density at radius 2 is 1.46 bits per heavy atom. The average Bonchev–Trinajstić information content (AvgIpc) is 2.58. The topological polar surface area (TPSA) is 63.3 Å². The van der Waals surface area contributed by atoms with Gasteiger partial charge in [0.2, 0.25) is 5.91 Å². The Morgan fingerprint density at radius 1 is 0.917 bits per heavy atom. The second-order valence-electron chi connectivity index (χ2n) is 7.03. The van der Waals surface area contributed by atoms with E-state index in [0.29, 0.717) is 0 Å². The van der Waals surface area contributed by atoms with Crippen LogP contribution in [0.4, 0.5) is 0 Å². The molecule has 0 saturated carbocycles. The standard InChI is InChI=1S/C21H41NO2/c1-3-5-6-7-8-9-10-11-12-13-14-15-16-17-20(21(22)24)19(4-2)18-23/h9-10,19-20,23H,3-8,11-18H2,1-2H3,(H2,22,24)/b10-9-. The fourth-order valence-corrected chi connectivity index (χ4v) is 3.23. The van der Waals surface area contributed by atoms with E-state index in [0.717, 1.165) is 25.7 Å². The first-order valence-corrected chi connectivity index (χ1v) is 10.2. The van der Waals surface area contributed by atoms with Crippen LogP contribution in [-0.2, 0) is 4.79 Å². The van der Waals surface area contributed by atoms with E-state index < -0.39 is 0 Å². The van der Waals surface area contributed by atoms with Crippen LogP contribution in [-0.4, -0.2) is 17.6 Å². The van der Waals surface area contributed by atoms with Crippen molar-refractivity contribution in [1.29, 1.82) is 0 Å². The molecule has 0 spiro atoms. The monoisotopic (exact) mass is 339 g/mol. The van der Waals surface area contributed by atoms with Crippen molar-refractivity contribution >= 4 is 5.91 Å². The van der Waals surface area contributed by atoms with Crippen LogP contribution in [0, 0.1) is 11.8 Å². The smallest absolute Gasteiger partial charge is 0.220 e. The molecule has 0 aliphatic carbocycles. The minimum absolute atomic E-state index is 0.0324. The molecule has 0 bridgehead atoms. The molecule has 142 valence electrons. The third kappa shape index (κ3) is 12.6. The number of carbonyl (C=O) groups is 1. The normalized spacial score (nSPS) is 14.1. The lowest BCUT2D eigenvalue weighted by atomic mass is 9.85. The summed E-state index contributed by atoms with van der Waals surface area (Å²) in [6, 6.07) is 0. The van der Waals surface area contributed by atoms with E-state index in [1.807, 2.05) is 6.92 Å². The average molecular weight is 340 g/mol. The predicted molar refractivity (Wildman–Crippen MR) is 104 cm³/mol. The second-order valence-corrected chi connectivity index (χ2v) is 7.03. The quantitative estimate of drug-likeness (QED) is 0.277. The molecular formula is C21H41NO2. The summed E-state index contributed by atoms with van der Waals surface area (Å²) in [6.07, 6.45) is 20.1. The minimum Gasteiger partial charge on any atom is -0.396 e. The summed E-state index contributed by atoms with van der Waals surface area (Å²) >= 11 is 0. The lowest BCUT2D eigenvalue weighted by molar-refractivity contribution is -0.124. The van der Waals surface area contributed by atoms with E-state index in [-0.39, 0.29) is 24.3 Å². The van der Waals surface area contributed by atoms with Crippen LogP contribution in [0.25, 0.3) is 0 Å². The van der Waals surface area contributed by atoms with Gasteiger partial charge in [-0.3, -0.25) is 4.79 Å². The first-order chi connectivity index (χ1) is 11.7. The van der Waals surface area contributed by atoms with Crippen molar-refractivity contribution in [2.24, 2.45) is 17.6 Å². The molecule has 0 saturated heterocycles. The molecule has 0 aliphatic heterocycles. The Balaban J connectivity index is 3.55. The summed E-state index contributed by atoms with van der Waals surface area (Å²) in [5.74, 6) is -0.374. The zero-order valence-electron chi connectivity index (χ0n) is 16.1. The number of hydrogen-bond acceptors (Lipinski definition) is 2. The molecule has 0 radical (unpaired) electrons. The van der Waals surface area contributed by atoms with E-state index in [2.05, 4.69) is 19.1 Å². The summed E-state index contributed by atoms with van der Waals surface area (Å²) < 4.78 is 0. The SMILES string of the molecule is CCCCCC/C=C\CCCCCCCC(C(N)=O)C(CC)CO. The summed E-state index contributed by atoms with van der Waals surface area (Å²) in [6.45, 7) is 4.32. The number of carbonyl (C=O) groups excluding carboxylic acids is 1. The van der Waals surface area contributed by atoms with Gasteiger partial charge in [-0.25, -0.2) is 0 Å². The summed E-state index contributed by atoms with van der Waals surface area (Å²) in [5, 5.41) is 9.33. The molecule has 0 fully saturated rings. The summed E-state index contributed by atoms with van der Waals surface area (Å²) in [7, 11) is 0. The maximum Gasteiger partial charge on any atom is 0.220 e. The van der Waals surface area contributed by atoms with Crippen molar-refractivity contribution in [3.05, 3.63) is 12.2 Å². The van der Waals surface area contributed by atoms with Crippen LogP contribution < -0.4 is 5.73 Å². The van der Waals surface area contributed by atoms with E-state index >= 15 is 0 Å². The van der Waals surface area contributed by atoms with Crippen molar-refractivity contribution in [2.45, 2.75) is 97.3 Å². The Kier molecular flexibility index (Phi) is 16.4. The zero-order valence-corrected chi connectivity index (χ0v) is 16.1. The molecule has 3 N–H and O–H groups in total. The fraction of sp³-hybridized carbons (Fsp3) is 0.857. The molecule has 0 aromatic carbocycles. The molecular weight excluding hydrogens is 298 g/mol. The molecule has 0 heterocycles. The van der Waals surface area contributed by atoms with E-state index in [1.54, 1.807) is 0 Å². The van der Waals surface area contributed by atoms with Gasteiger partial charge in [-0.05, 0) is 38.0 Å². The Hall–Kier alpha value is -0.830. The molecule has 3 nitrogen and oxygen atoms in total. The largest absolute Gasteiger partial charge is 0.396 e. The fourth-order valence-electron chi connectivity index (χ4n) is 3.23. The number of hydrogen-bond donors (Lipinski definition) is 2. The highest BCUT2D eigenvalue weighted by atomic mass is 16.3. The molecule has 3 heteroatoms. The van der Waals surface area contributed by atoms with E-state index in [4.69, 9.17) is 5.73 Å². The van der Waals surface area contributed by atoms with Gasteiger partial charge < -0.3 is 10.8 Å². The van der Waals surface area contributed by atoms with Gasteiger partial charge in [-0.1, -0.05) is 77.4 Å². The number of nitrogens with two attached hydrogens (primary N) is 1. The lowest BCUT2D eigenvalue weighted by Gasteiger charge is -2.21. The van der Waals surface area contributed by atoms with Crippen LogP contribution in [0.2, 0.25) is 0 Å². The highest BCUT2D eigenvalue weighted by Crippen LogP contribution is 2.22. The van der Waals surface area contributed by atoms with Gasteiger partial charge in [0, 0.05) is 12.5 Å². The van der Waals surface area contributed by atoms with Crippen LogP contribution in [0.15, 0.2) is 12.2 Å². The van der Waals surface area contributed by atoms with Gasteiger partial charge in [-0.2, -0.15) is 0 Å². The molecule has 0 aliphatic rings. The molecule has 24 heavy (non-hydrogen) atoms. The molecule has 2 atom stereocenters. The molecule has 2 unspecified atom stereocenters. The molecule has 1 amide bonds. The Morgan fingerprint density at radius 3 is 1.96 bits per heavy atom. The predicted octanol–water partition coefficient (Wildman–Crippen LogP) is 5.36. The van der Waals surface area contributed by atoms with E-state index in [1.165, 1.54) is 57.8 Å². The van der Waals surface area contributed by atoms with Crippen LogP contribution in [0.5, 0.6) is 0 Å². The molecule has 0 rings (SSSR count). The second kappa shape index (κ2) is 17.0. The number of aliphatic hydroxyl groups is 1. The Bertz CT molecular complexity index is 311. The number of rotatable bonds is 17. The first kappa shape index (κ1) is 23.2. The number of unbranched alkanes of at least 4 members (excludes halogenated alkanes) is 9. The maximum atomic E-state index is 11.5. The van der Waals surface area contributed by atoms with Crippen LogP contribution in [0.3, 0.4) is 0 Å². The maximum absolute atomic E-state index is 11.5. The van der Waals surface area contributed by atoms with Crippen molar-refractivity contribution < 1.29 is 9.90 Å². The number of primary amides is 1. The molecule has 0 aromatic rings. The van der Waals surface area contributed by atoms with Crippen molar-refractivity contribution in [2.75, 3.05) is 6.61 Å².